The lowest BCUT2D eigenvalue weighted by atomic mass is 10.3. The van der Waals surface area contributed by atoms with Gasteiger partial charge in [-0.15, -0.1) is 0 Å². The minimum atomic E-state index is 0.105. The van der Waals surface area contributed by atoms with E-state index >= 15 is 0 Å². The summed E-state index contributed by atoms with van der Waals surface area (Å²) >= 11 is 10.1. The molecule has 2 rings (SSSR count). The van der Waals surface area contributed by atoms with Crippen molar-refractivity contribution in [1.29, 1.82) is 0 Å². The maximum Gasteiger partial charge on any atom is 0.110 e. The molecular weight excluding hydrogens is 244 g/mol. The van der Waals surface area contributed by atoms with Crippen LogP contribution in [-0.2, 0) is 13.0 Å². The molecular formula is C11H13ClN2OS. The Morgan fingerprint density at radius 1 is 1.44 bits per heavy atom. The fourth-order valence-electron chi connectivity index (χ4n) is 1.79. The number of imidazole rings is 1. The summed E-state index contributed by atoms with van der Waals surface area (Å²) in [6, 6.07) is 5.61. The number of hydrogen-bond donors (Lipinski definition) is 2. The molecule has 0 atom stereocenters. The number of aromatic nitrogens is 2. The van der Waals surface area contributed by atoms with Crippen LogP contribution in [0.5, 0.6) is 0 Å². The largest absolute Gasteiger partial charge is 0.395 e. The highest BCUT2D eigenvalue weighted by molar-refractivity contribution is 7.80. The van der Waals surface area contributed by atoms with Crippen LogP contribution in [0.1, 0.15) is 5.82 Å². The molecule has 0 spiro atoms. The highest BCUT2D eigenvalue weighted by Crippen LogP contribution is 2.20. The molecule has 1 N–H and O–H groups in total. The average molecular weight is 257 g/mol. The van der Waals surface area contributed by atoms with E-state index in [1.54, 1.807) is 0 Å². The number of benzene rings is 1. The summed E-state index contributed by atoms with van der Waals surface area (Å²) in [4.78, 5) is 4.50. The van der Waals surface area contributed by atoms with Crippen molar-refractivity contribution in [1.82, 2.24) is 9.55 Å². The molecule has 16 heavy (non-hydrogen) atoms. The highest BCUT2D eigenvalue weighted by atomic mass is 35.5. The second-order valence-electron chi connectivity index (χ2n) is 3.51. The van der Waals surface area contributed by atoms with Gasteiger partial charge in [-0.25, -0.2) is 4.98 Å². The number of thiol groups is 1. The van der Waals surface area contributed by atoms with Crippen LogP contribution in [0, 0.1) is 0 Å². The van der Waals surface area contributed by atoms with E-state index in [0.717, 1.165) is 29.0 Å². The molecule has 0 amide bonds. The molecule has 1 aromatic carbocycles. The van der Waals surface area contributed by atoms with Gasteiger partial charge in [-0.3, -0.25) is 0 Å². The minimum Gasteiger partial charge on any atom is -0.395 e. The Hall–Kier alpha value is -0.710. The lowest BCUT2D eigenvalue weighted by Crippen LogP contribution is -2.07. The fraction of sp³-hybridized carbons (Fsp3) is 0.364. The van der Waals surface area contributed by atoms with Crippen molar-refractivity contribution >= 4 is 35.3 Å². The Kier molecular flexibility index (Phi) is 3.74. The quantitative estimate of drug-likeness (QED) is 0.823. The maximum atomic E-state index is 9.05. The molecule has 1 heterocycles. The number of aliphatic hydroxyl groups excluding tert-OH is 1. The molecule has 0 aliphatic heterocycles. The maximum absolute atomic E-state index is 9.05. The Morgan fingerprint density at radius 2 is 2.25 bits per heavy atom. The first-order chi connectivity index (χ1) is 7.76. The zero-order chi connectivity index (χ0) is 11.5. The Bertz CT molecular complexity index is 498. The third-order valence-electron chi connectivity index (χ3n) is 2.45. The van der Waals surface area contributed by atoms with Crippen molar-refractivity contribution in [3.63, 3.8) is 0 Å². The highest BCUT2D eigenvalue weighted by Gasteiger charge is 2.09. The van der Waals surface area contributed by atoms with E-state index in [-0.39, 0.29) is 6.61 Å². The molecule has 2 aromatic rings. The number of aryl methyl sites for hydroxylation is 1. The van der Waals surface area contributed by atoms with Crippen LogP contribution < -0.4 is 0 Å². The van der Waals surface area contributed by atoms with E-state index in [1.165, 1.54) is 0 Å². The van der Waals surface area contributed by atoms with Crippen molar-refractivity contribution < 1.29 is 5.11 Å². The second-order valence-corrected chi connectivity index (χ2v) is 4.39. The third-order valence-corrected chi connectivity index (χ3v) is 2.91. The molecule has 0 saturated carbocycles. The van der Waals surface area contributed by atoms with Gasteiger partial charge in [0.1, 0.15) is 5.82 Å². The zero-order valence-corrected chi connectivity index (χ0v) is 10.4. The van der Waals surface area contributed by atoms with Crippen LogP contribution in [0.2, 0.25) is 5.02 Å². The SMILES string of the molecule is OCCn1c(CCS)nc2cc(Cl)ccc21. The van der Waals surface area contributed by atoms with Gasteiger partial charge in [-0.1, -0.05) is 11.6 Å². The number of aliphatic hydroxyl groups is 1. The average Bonchev–Trinajstić information content (AvgIpc) is 2.57. The minimum absolute atomic E-state index is 0.105. The number of rotatable bonds is 4. The van der Waals surface area contributed by atoms with Gasteiger partial charge in [0.15, 0.2) is 0 Å². The van der Waals surface area contributed by atoms with Crippen LogP contribution in [0.3, 0.4) is 0 Å². The van der Waals surface area contributed by atoms with E-state index in [2.05, 4.69) is 17.6 Å². The summed E-state index contributed by atoms with van der Waals surface area (Å²) < 4.78 is 2.02. The molecule has 86 valence electrons. The molecule has 0 aliphatic rings. The summed E-state index contributed by atoms with van der Waals surface area (Å²) in [6.07, 6.45) is 0.787. The third kappa shape index (κ3) is 2.19. The predicted molar refractivity (Wildman–Crippen MR) is 69.4 cm³/mol. The van der Waals surface area contributed by atoms with E-state index in [4.69, 9.17) is 16.7 Å². The van der Waals surface area contributed by atoms with Gasteiger partial charge in [-0.2, -0.15) is 12.6 Å². The normalized spacial score (nSPS) is 11.2. The monoisotopic (exact) mass is 256 g/mol. The van der Waals surface area contributed by atoms with Crippen molar-refractivity contribution in [3.8, 4) is 0 Å². The van der Waals surface area contributed by atoms with Crippen molar-refractivity contribution in [3.05, 3.63) is 29.0 Å². The van der Waals surface area contributed by atoms with Crippen LogP contribution in [0.25, 0.3) is 11.0 Å². The molecule has 3 nitrogen and oxygen atoms in total. The van der Waals surface area contributed by atoms with Gasteiger partial charge in [0.2, 0.25) is 0 Å². The van der Waals surface area contributed by atoms with Crippen LogP contribution in [-0.4, -0.2) is 27.0 Å². The molecule has 0 aliphatic carbocycles. The number of nitrogens with zero attached hydrogens (tertiary/aromatic N) is 2. The number of fused-ring (bicyclic) bond motifs is 1. The molecule has 0 unspecified atom stereocenters. The van der Waals surface area contributed by atoms with Gasteiger partial charge >= 0.3 is 0 Å². The van der Waals surface area contributed by atoms with E-state index in [9.17, 15) is 0 Å². The first kappa shape index (κ1) is 11.8. The molecule has 1 aromatic heterocycles. The van der Waals surface area contributed by atoms with Gasteiger partial charge in [0.25, 0.3) is 0 Å². The molecule has 5 heteroatoms. The van der Waals surface area contributed by atoms with Crippen molar-refractivity contribution in [2.24, 2.45) is 0 Å². The zero-order valence-electron chi connectivity index (χ0n) is 8.73. The lowest BCUT2D eigenvalue weighted by molar-refractivity contribution is 0.276. The lowest BCUT2D eigenvalue weighted by Gasteiger charge is -2.05. The predicted octanol–water partition coefficient (Wildman–Crippen LogP) is 2.15. The summed E-state index contributed by atoms with van der Waals surface area (Å²) in [7, 11) is 0. The van der Waals surface area contributed by atoms with Gasteiger partial charge in [-0.05, 0) is 24.0 Å². The summed E-state index contributed by atoms with van der Waals surface area (Å²) in [6.45, 7) is 0.662. The van der Waals surface area contributed by atoms with Crippen LogP contribution in [0.15, 0.2) is 18.2 Å². The Balaban J connectivity index is 2.56. The van der Waals surface area contributed by atoms with Gasteiger partial charge in [0.05, 0.1) is 17.6 Å². The standard InChI is InChI=1S/C11H13ClN2OS/c12-8-1-2-10-9(7-8)13-11(3-6-16)14(10)4-5-15/h1-2,7,15-16H,3-6H2. The van der Waals surface area contributed by atoms with Crippen molar-refractivity contribution in [2.45, 2.75) is 13.0 Å². The topological polar surface area (TPSA) is 38.0 Å². The smallest absolute Gasteiger partial charge is 0.110 e. The summed E-state index contributed by atoms with van der Waals surface area (Å²) in [5.41, 5.74) is 1.88. The molecule has 0 bridgehead atoms. The molecule has 0 saturated heterocycles. The molecule has 0 fully saturated rings. The summed E-state index contributed by atoms with van der Waals surface area (Å²) in [5.74, 6) is 1.68. The molecule has 0 radical (unpaired) electrons. The van der Waals surface area contributed by atoms with Gasteiger partial charge < -0.3 is 9.67 Å². The van der Waals surface area contributed by atoms with E-state index in [1.807, 2.05) is 22.8 Å². The Labute approximate surface area is 104 Å². The summed E-state index contributed by atoms with van der Waals surface area (Å²) in [5, 5.41) is 9.73. The Morgan fingerprint density at radius 3 is 2.94 bits per heavy atom. The first-order valence-electron chi connectivity index (χ1n) is 5.12. The van der Waals surface area contributed by atoms with Gasteiger partial charge in [0, 0.05) is 18.0 Å². The van der Waals surface area contributed by atoms with Crippen molar-refractivity contribution in [2.75, 3.05) is 12.4 Å². The van der Waals surface area contributed by atoms with E-state index < -0.39 is 0 Å². The first-order valence-corrected chi connectivity index (χ1v) is 6.13. The van der Waals surface area contributed by atoms with Crippen LogP contribution in [0.4, 0.5) is 0 Å². The fourth-order valence-corrected chi connectivity index (χ4v) is 2.16. The number of halogens is 1. The second kappa shape index (κ2) is 5.08. The number of hydrogen-bond acceptors (Lipinski definition) is 3. The van der Waals surface area contributed by atoms with E-state index in [0.29, 0.717) is 11.6 Å². The van der Waals surface area contributed by atoms with Crippen LogP contribution >= 0.6 is 24.2 Å².